The van der Waals surface area contributed by atoms with Crippen molar-refractivity contribution in [2.75, 3.05) is 20.6 Å². The van der Waals surface area contributed by atoms with Crippen LogP contribution in [0.4, 0.5) is 4.79 Å². The summed E-state index contributed by atoms with van der Waals surface area (Å²) in [5, 5.41) is 3.49. The molecule has 0 spiro atoms. The molecule has 0 saturated heterocycles. The van der Waals surface area contributed by atoms with Gasteiger partial charge in [-0.25, -0.2) is 9.79 Å². The number of amides is 2. The van der Waals surface area contributed by atoms with Gasteiger partial charge in [0.1, 0.15) is 5.84 Å². The van der Waals surface area contributed by atoms with E-state index >= 15 is 0 Å². The zero-order chi connectivity index (χ0) is 13.4. The van der Waals surface area contributed by atoms with Crippen molar-refractivity contribution in [1.82, 2.24) is 14.9 Å². The smallest absolute Gasteiger partial charge is 0.329 e. The van der Waals surface area contributed by atoms with E-state index in [0.717, 1.165) is 5.84 Å². The van der Waals surface area contributed by atoms with E-state index in [9.17, 15) is 4.79 Å². The van der Waals surface area contributed by atoms with Crippen LogP contribution in [0.3, 0.4) is 0 Å². The Labute approximate surface area is 109 Å². The predicted molar refractivity (Wildman–Crippen MR) is 73.0 cm³/mol. The van der Waals surface area contributed by atoms with Gasteiger partial charge >= 0.3 is 6.03 Å². The third kappa shape index (κ3) is 2.68. The second kappa shape index (κ2) is 4.76. The number of amidine groups is 1. The maximum atomic E-state index is 12.1. The van der Waals surface area contributed by atoms with Crippen LogP contribution in [0.15, 0.2) is 4.99 Å². The van der Waals surface area contributed by atoms with E-state index in [1.807, 2.05) is 11.9 Å². The van der Waals surface area contributed by atoms with Crippen molar-refractivity contribution >= 4 is 24.5 Å². The second-order valence-electron chi connectivity index (χ2n) is 5.29. The van der Waals surface area contributed by atoms with E-state index in [1.165, 1.54) is 4.90 Å². The Hall–Kier alpha value is -0.910. The molecule has 5 nitrogen and oxygen atoms in total. The lowest BCUT2D eigenvalue weighted by Crippen LogP contribution is -2.52. The molecule has 0 aliphatic carbocycles. The van der Waals surface area contributed by atoms with Gasteiger partial charge in [0, 0.05) is 26.1 Å². The minimum atomic E-state index is -0.431. The molecule has 0 bridgehead atoms. The summed E-state index contributed by atoms with van der Waals surface area (Å²) in [7, 11) is 3.46. The molecule has 1 aliphatic heterocycles. The summed E-state index contributed by atoms with van der Waals surface area (Å²) in [6, 6.07) is -0.102. The largest absolute Gasteiger partial charge is 0.341 e. The van der Waals surface area contributed by atoms with Crippen LogP contribution in [0.5, 0.6) is 0 Å². The van der Waals surface area contributed by atoms with Gasteiger partial charge in [-0.15, -0.1) is 12.6 Å². The number of rotatable bonds is 1. The first kappa shape index (κ1) is 14.2. The van der Waals surface area contributed by atoms with Gasteiger partial charge in [-0.3, -0.25) is 5.01 Å². The van der Waals surface area contributed by atoms with E-state index in [0.29, 0.717) is 6.54 Å². The van der Waals surface area contributed by atoms with E-state index in [1.54, 1.807) is 19.1 Å². The lowest BCUT2D eigenvalue weighted by Gasteiger charge is -2.36. The minimum Gasteiger partial charge on any atom is -0.329 e. The van der Waals surface area contributed by atoms with Gasteiger partial charge < -0.3 is 4.90 Å². The fourth-order valence-corrected chi connectivity index (χ4v) is 2.08. The molecule has 0 fully saturated rings. The highest BCUT2D eigenvalue weighted by Crippen LogP contribution is 2.29. The number of urea groups is 1. The fraction of sp³-hybridized carbons (Fsp3) is 0.818. The molecule has 1 heterocycles. The van der Waals surface area contributed by atoms with Gasteiger partial charge in [0.05, 0.1) is 0 Å². The summed E-state index contributed by atoms with van der Waals surface area (Å²) in [6.07, 6.45) is 0. The van der Waals surface area contributed by atoms with Crippen LogP contribution in [-0.4, -0.2) is 52.9 Å². The lowest BCUT2D eigenvalue weighted by atomic mass is 9.94. The van der Waals surface area contributed by atoms with Crippen LogP contribution in [0.1, 0.15) is 27.7 Å². The topological polar surface area (TPSA) is 39.1 Å². The Kier molecular flexibility index (Phi) is 3.96. The lowest BCUT2D eigenvalue weighted by molar-refractivity contribution is 0.0713. The summed E-state index contributed by atoms with van der Waals surface area (Å²) >= 11 is 4.38. The highest BCUT2D eigenvalue weighted by Gasteiger charge is 2.40. The van der Waals surface area contributed by atoms with Crippen molar-refractivity contribution < 1.29 is 4.79 Å². The number of hydrogen-bond acceptors (Lipinski definition) is 4. The molecule has 1 rings (SSSR count). The standard InChI is InChI=1S/C11H22N4OS/c1-7-14-8(11(2,3)4)12-9(17)15(14)10(16)13(5)6/h9,17H,7H2,1-6H3. The van der Waals surface area contributed by atoms with E-state index in [4.69, 9.17) is 0 Å². The van der Waals surface area contributed by atoms with E-state index < -0.39 is 5.50 Å². The fourth-order valence-electron chi connectivity index (χ4n) is 1.75. The molecule has 0 radical (unpaired) electrons. The molecule has 98 valence electrons. The average molecular weight is 258 g/mol. The maximum absolute atomic E-state index is 12.1. The molecule has 0 aromatic heterocycles. The normalized spacial score (nSPS) is 20.6. The van der Waals surface area contributed by atoms with Gasteiger partial charge in [-0.05, 0) is 6.92 Å². The number of aliphatic imine (C=N–C) groups is 1. The molecule has 2 amide bonds. The molecule has 0 aromatic carbocycles. The quantitative estimate of drug-likeness (QED) is 0.729. The minimum absolute atomic E-state index is 0.0989. The van der Waals surface area contributed by atoms with E-state index in [-0.39, 0.29) is 11.4 Å². The van der Waals surface area contributed by atoms with Crippen LogP contribution in [0.2, 0.25) is 0 Å². The van der Waals surface area contributed by atoms with Gasteiger partial charge in [0.25, 0.3) is 0 Å². The van der Waals surface area contributed by atoms with Crippen LogP contribution in [0.25, 0.3) is 0 Å². The van der Waals surface area contributed by atoms with Crippen molar-refractivity contribution in [2.45, 2.75) is 33.2 Å². The van der Waals surface area contributed by atoms with Crippen molar-refractivity contribution in [3.05, 3.63) is 0 Å². The molecule has 0 aromatic rings. The predicted octanol–water partition coefficient (Wildman–Crippen LogP) is 1.88. The molecule has 6 heteroatoms. The van der Waals surface area contributed by atoms with Gasteiger partial charge in [-0.1, -0.05) is 20.8 Å². The SMILES string of the molecule is CCN1C(C(C)(C)C)=NC(S)N1C(=O)N(C)C. The molecule has 1 unspecified atom stereocenters. The van der Waals surface area contributed by atoms with Crippen LogP contribution >= 0.6 is 12.6 Å². The first-order valence-electron chi connectivity index (χ1n) is 5.74. The zero-order valence-corrected chi connectivity index (χ0v) is 12.3. The third-order valence-corrected chi connectivity index (χ3v) is 2.84. The van der Waals surface area contributed by atoms with Crippen molar-refractivity contribution in [1.29, 1.82) is 0 Å². The number of carbonyl (C=O) groups excluding carboxylic acids is 1. The monoisotopic (exact) mass is 258 g/mol. The molecule has 0 saturated carbocycles. The molecular formula is C11H22N4OS. The maximum Gasteiger partial charge on any atom is 0.341 e. The van der Waals surface area contributed by atoms with Gasteiger partial charge in [0.2, 0.25) is 0 Å². The van der Waals surface area contributed by atoms with Crippen molar-refractivity contribution in [3.63, 3.8) is 0 Å². The van der Waals surface area contributed by atoms with Crippen LogP contribution < -0.4 is 0 Å². The summed E-state index contributed by atoms with van der Waals surface area (Å²) in [5.41, 5.74) is -0.530. The first-order chi connectivity index (χ1) is 7.70. The Bertz CT molecular complexity index is 335. The molecule has 1 aliphatic rings. The van der Waals surface area contributed by atoms with Gasteiger partial charge in [0.15, 0.2) is 5.50 Å². The van der Waals surface area contributed by atoms with E-state index in [2.05, 4.69) is 38.4 Å². The second-order valence-corrected chi connectivity index (χ2v) is 5.75. The summed E-state index contributed by atoms with van der Waals surface area (Å²) in [6.45, 7) is 8.95. The number of hydrogen-bond donors (Lipinski definition) is 1. The molecule has 1 atom stereocenters. The Morgan fingerprint density at radius 3 is 2.35 bits per heavy atom. The third-order valence-electron chi connectivity index (χ3n) is 2.51. The summed E-state index contributed by atoms with van der Waals surface area (Å²) in [4.78, 5) is 18.1. The van der Waals surface area contributed by atoms with Crippen molar-refractivity contribution in [3.8, 4) is 0 Å². The number of thiol groups is 1. The first-order valence-corrected chi connectivity index (χ1v) is 6.26. The molecule has 0 N–H and O–H groups in total. The Morgan fingerprint density at radius 2 is 2.00 bits per heavy atom. The Balaban J connectivity index is 3.03. The van der Waals surface area contributed by atoms with Crippen LogP contribution in [-0.2, 0) is 0 Å². The molecule has 17 heavy (non-hydrogen) atoms. The summed E-state index contributed by atoms with van der Waals surface area (Å²) < 4.78 is 0. The average Bonchev–Trinajstić information content (AvgIpc) is 2.53. The highest BCUT2D eigenvalue weighted by molar-refractivity contribution is 7.80. The summed E-state index contributed by atoms with van der Waals surface area (Å²) in [5.74, 6) is 0.898. The number of hydrazine groups is 1. The number of carbonyl (C=O) groups is 1. The highest BCUT2D eigenvalue weighted by atomic mass is 32.1. The van der Waals surface area contributed by atoms with Crippen LogP contribution in [0, 0.1) is 5.41 Å². The number of nitrogens with zero attached hydrogens (tertiary/aromatic N) is 4. The van der Waals surface area contributed by atoms with Crippen molar-refractivity contribution in [2.24, 2.45) is 10.4 Å². The molecular weight excluding hydrogens is 236 g/mol. The zero-order valence-electron chi connectivity index (χ0n) is 11.4. The Morgan fingerprint density at radius 1 is 1.47 bits per heavy atom. The van der Waals surface area contributed by atoms with Gasteiger partial charge in [-0.2, -0.15) is 5.01 Å².